The van der Waals surface area contributed by atoms with Gasteiger partial charge in [0, 0.05) is 6.42 Å². The average molecular weight is 271 g/mol. The number of nitrogens with zero attached hydrogens (tertiary/aromatic N) is 2. The first-order chi connectivity index (χ1) is 8.06. The molecule has 0 fully saturated rings. The van der Waals surface area contributed by atoms with Gasteiger partial charge in [-0.2, -0.15) is 0 Å². The van der Waals surface area contributed by atoms with E-state index in [4.69, 9.17) is 23.2 Å². The van der Waals surface area contributed by atoms with E-state index in [1.807, 2.05) is 31.2 Å². The second kappa shape index (κ2) is 4.98. The molecule has 5 heteroatoms. The van der Waals surface area contributed by atoms with Gasteiger partial charge >= 0.3 is 0 Å². The zero-order chi connectivity index (χ0) is 12.4. The summed E-state index contributed by atoms with van der Waals surface area (Å²) in [5.74, 6) is -0.367. The summed E-state index contributed by atoms with van der Waals surface area (Å²) in [7, 11) is 0. The number of aryl methyl sites for hydroxylation is 1. The summed E-state index contributed by atoms with van der Waals surface area (Å²) in [6.07, 6.45) is 0.474. The highest BCUT2D eigenvalue weighted by atomic mass is 35.5. The Morgan fingerprint density at radius 1 is 1.18 bits per heavy atom. The predicted octanol–water partition coefficient (Wildman–Crippen LogP) is 3.82. The molecule has 0 aliphatic rings. The lowest BCUT2D eigenvalue weighted by atomic mass is 10.1. The fourth-order valence-electron chi connectivity index (χ4n) is 1.52. The maximum atomic E-state index is 13.1. The Morgan fingerprint density at radius 3 is 2.41 bits per heavy atom. The van der Waals surface area contributed by atoms with Gasteiger partial charge in [0.15, 0.2) is 16.1 Å². The summed E-state index contributed by atoms with van der Waals surface area (Å²) in [4.78, 5) is 7.71. The van der Waals surface area contributed by atoms with Gasteiger partial charge in [-0.3, -0.25) is 0 Å². The molecule has 0 aliphatic heterocycles. The standard InChI is InChI=1S/C12H9Cl2FN2/c1-7-3-2-4-8(5-7)6-9-16-11(13)10(15)12(14)17-9/h2-5H,6H2,1H3. The molecule has 0 bridgehead atoms. The third-order valence-corrected chi connectivity index (χ3v) is 2.76. The zero-order valence-corrected chi connectivity index (χ0v) is 10.6. The summed E-state index contributed by atoms with van der Waals surface area (Å²) in [5.41, 5.74) is 2.17. The molecule has 88 valence electrons. The van der Waals surface area contributed by atoms with Crippen molar-refractivity contribution < 1.29 is 4.39 Å². The van der Waals surface area contributed by atoms with Gasteiger partial charge in [-0.15, -0.1) is 0 Å². The van der Waals surface area contributed by atoms with Crippen LogP contribution in [-0.4, -0.2) is 9.97 Å². The quantitative estimate of drug-likeness (QED) is 0.776. The number of aromatic nitrogens is 2. The van der Waals surface area contributed by atoms with E-state index in [-0.39, 0.29) is 10.3 Å². The highest BCUT2D eigenvalue weighted by Crippen LogP contribution is 2.20. The molecular weight excluding hydrogens is 262 g/mol. The molecular formula is C12H9Cl2FN2. The van der Waals surface area contributed by atoms with Crippen LogP contribution >= 0.6 is 23.2 Å². The average Bonchev–Trinajstić information content (AvgIpc) is 2.26. The zero-order valence-electron chi connectivity index (χ0n) is 9.04. The van der Waals surface area contributed by atoms with E-state index in [2.05, 4.69) is 9.97 Å². The molecule has 2 aromatic rings. The van der Waals surface area contributed by atoms with Gasteiger partial charge in [0.25, 0.3) is 0 Å². The summed E-state index contributed by atoms with van der Waals surface area (Å²) in [5, 5.41) is -0.486. The largest absolute Gasteiger partial charge is 0.218 e. The van der Waals surface area contributed by atoms with Gasteiger partial charge in [0.1, 0.15) is 5.82 Å². The van der Waals surface area contributed by atoms with Crippen molar-refractivity contribution in [3.8, 4) is 0 Å². The Kier molecular flexibility index (Phi) is 3.60. The van der Waals surface area contributed by atoms with Crippen molar-refractivity contribution >= 4 is 23.2 Å². The minimum atomic E-state index is -0.777. The monoisotopic (exact) mass is 270 g/mol. The van der Waals surface area contributed by atoms with Gasteiger partial charge in [-0.25, -0.2) is 14.4 Å². The minimum absolute atomic E-state index is 0.243. The molecule has 2 rings (SSSR count). The van der Waals surface area contributed by atoms with E-state index in [1.54, 1.807) is 0 Å². The summed E-state index contributed by atoms with van der Waals surface area (Å²) >= 11 is 11.2. The normalized spacial score (nSPS) is 10.6. The fourth-order valence-corrected chi connectivity index (χ4v) is 1.94. The maximum absolute atomic E-state index is 13.1. The summed E-state index contributed by atoms with van der Waals surface area (Å²) < 4.78 is 13.1. The molecule has 0 unspecified atom stereocenters. The van der Waals surface area contributed by atoms with E-state index >= 15 is 0 Å². The lowest BCUT2D eigenvalue weighted by molar-refractivity contribution is 0.611. The summed E-state index contributed by atoms with van der Waals surface area (Å²) in [6, 6.07) is 7.89. The highest BCUT2D eigenvalue weighted by molar-refractivity contribution is 6.33. The molecule has 0 radical (unpaired) electrons. The van der Waals surface area contributed by atoms with Crippen LogP contribution in [0, 0.1) is 12.7 Å². The number of halogens is 3. The number of hydrogen-bond acceptors (Lipinski definition) is 2. The van der Waals surface area contributed by atoms with Crippen LogP contribution in [0.3, 0.4) is 0 Å². The van der Waals surface area contributed by atoms with Crippen LogP contribution in [0.1, 0.15) is 17.0 Å². The van der Waals surface area contributed by atoms with Crippen LogP contribution in [-0.2, 0) is 6.42 Å². The minimum Gasteiger partial charge on any atom is -0.218 e. The van der Waals surface area contributed by atoms with Crippen molar-refractivity contribution in [2.24, 2.45) is 0 Å². The lowest BCUT2D eigenvalue weighted by Crippen LogP contribution is -2.00. The molecule has 0 aliphatic carbocycles. The van der Waals surface area contributed by atoms with Crippen molar-refractivity contribution in [2.45, 2.75) is 13.3 Å². The maximum Gasteiger partial charge on any atom is 0.197 e. The van der Waals surface area contributed by atoms with E-state index in [0.717, 1.165) is 11.1 Å². The molecule has 0 saturated heterocycles. The lowest BCUT2D eigenvalue weighted by Gasteiger charge is -2.04. The molecule has 1 heterocycles. The fraction of sp³-hybridized carbons (Fsp3) is 0.167. The topological polar surface area (TPSA) is 25.8 Å². The van der Waals surface area contributed by atoms with Crippen LogP contribution in [0.5, 0.6) is 0 Å². The number of hydrogen-bond donors (Lipinski definition) is 0. The van der Waals surface area contributed by atoms with Gasteiger partial charge in [0.2, 0.25) is 0 Å². The van der Waals surface area contributed by atoms with Crippen molar-refractivity contribution in [3.05, 3.63) is 57.3 Å². The van der Waals surface area contributed by atoms with Crippen molar-refractivity contribution in [3.63, 3.8) is 0 Å². The van der Waals surface area contributed by atoms with E-state index in [9.17, 15) is 4.39 Å². The van der Waals surface area contributed by atoms with E-state index < -0.39 is 5.82 Å². The molecule has 17 heavy (non-hydrogen) atoms. The van der Waals surface area contributed by atoms with E-state index in [1.165, 1.54) is 0 Å². The van der Waals surface area contributed by atoms with Gasteiger partial charge < -0.3 is 0 Å². The third kappa shape index (κ3) is 2.93. The molecule has 0 atom stereocenters. The van der Waals surface area contributed by atoms with Crippen LogP contribution in [0.4, 0.5) is 4.39 Å². The Hall–Kier alpha value is -1.19. The number of benzene rings is 1. The molecule has 2 nitrogen and oxygen atoms in total. The van der Waals surface area contributed by atoms with Gasteiger partial charge in [0.05, 0.1) is 0 Å². The second-order valence-electron chi connectivity index (χ2n) is 3.70. The van der Waals surface area contributed by atoms with Crippen molar-refractivity contribution in [1.82, 2.24) is 9.97 Å². The number of rotatable bonds is 2. The SMILES string of the molecule is Cc1cccc(Cc2nc(Cl)c(F)c(Cl)n2)c1. The Labute approximate surface area is 108 Å². The molecule has 0 N–H and O–H groups in total. The first-order valence-electron chi connectivity index (χ1n) is 4.99. The first kappa shape index (κ1) is 12.3. The summed E-state index contributed by atoms with van der Waals surface area (Å²) in [6.45, 7) is 2.00. The Morgan fingerprint density at radius 2 is 1.82 bits per heavy atom. The van der Waals surface area contributed by atoms with Gasteiger partial charge in [-0.05, 0) is 12.5 Å². The molecule has 0 spiro atoms. The van der Waals surface area contributed by atoms with Crippen molar-refractivity contribution in [2.75, 3.05) is 0 Å². The Bertz CT molecular complexity index is 535. The molecule has 1 aromatic carbocycles. The first-order valence-corrected chi connectivity index (χ1v) is 5.75. The smallest absolute Gasteiger partial charge is 0.197 e. The third-order valence-electron chi connectivity index (χ3n) is 2.26. The van der Waals surface area contributed by atoms with Crippen LogP contribution in [0.15, 0.2) is 24.3 Å². The van der Waals surface area contributed by atoms with Crippen molar-refractivity contribution in [1.29, 1.82) is 0 Å². The van der Waals surface area contributed by atoms with Crippen LogP contribution in [0.25, 0.3) is 0 Å². The van der Waals surface area contributed by atoms with Crippen LogP contribution < -0.4 is 0 Å². The van der Waals surface area contributed by atoms with Gasteiger partial charge in [-0.1, -0.05) is 53.0 Å². The Balaban J connectivity index is 2.31. The molecule has 1 aromatic heterocycles. The van der Waals surface area contributed by atoms with Crippen LogP contribution in [0.2, 0.25) is 10.3 Å². The van der Waals surface area contributed by atoms with E-state index in [0.29, 0.717) is 12.2 Å². The second-order valence-corrected chi connectivity index (χ2v) is 4.42. The molecule has 0 saturated carbocycles. The molecule has 0 amide bonds. The predicted molar refractivity (Wildman–Crippen MR) is 66.0 cm³/mol. The highest BCUT2D eigenvalue weighted by Gasteiger charge is 2.11.